The summed E-state index contributed by atoms with van der Waals surface area (Å²) < 4.78 is 10.8. The van der Waals surface area contributed by atoms with Crippen LogP contribution in [0.3, 0.4) is 0 Å². The van der Waals surface area contributed by atoms with Crippen molar-refractivity contribution in [3.8, 4) is 11.5 Å². The van der Waals surface area contributed by atoms with Crippen molar-refractivity contribution in [2.75, 3.05) is 61.0 Å². The zero-order valence-corrected chi connectivity index (χ0v) is 18.2. The summed E-state index contributed by atoms with van der Waals surface area (Å²) in [6, 6.07) is 15.7. The minimum absolute atomic E-state index is 0.0929. The maximum Gasteiger partial charge on any atom is 0.253 e. The molecule has 1 saturated heterocycles. The van der Waals surface area contributed by atoms with Crippen LogP contribution in [-0.4, -0.2) is 60.6 Å². The first-order valence-corrected chi connectivity index (χ1v) is 10.4. The summed E-state index contributed by atoms with van der Waals surface area (Å²) in [5.41, 5.74) is 4.13. The number of nitrogens with zero attached hydrogens (tertiary/aromatic N) is 5. The van der Waals surface area contributed by atoms with Gasteiger partial charge >= 0.3 is 0 Å². The van der Waals surface area contributed by atoms with Gasteiger partial charge in [0.15, 0.2) is 0 Å². The Balaban J connectivity index is 1.44. The molecule has 0 spiro atoms. The third kappa shape index (κ3) is 4.92. The van der Waals surface area contributed by atoms with Crippen LogP contribution in [0.2, 0.25) is 0 Å². The molecular weight excluding hydrogens is 410 g/mol. The normalized spacial score (nSPS) is 13.6. The fourth-order valence-electron chi connectivity index (χ4n) is 3.64. The smallest absolute Gasteiger partial charge is 0.253 e. The first-order chi connectivity index (χ1) is 15.7. The number of hydrogen-bond donors (Lipinski definition) is 3. The maximum atomic E-state index is 9.40. The van der Waals surface area contributed by atoms with Crippen LogP contribution in [0.15, 0.2) is 48.5 Å². The second-order valence-electron chi connectivity index (χ2n) is 7.25. The van der Waals surface area contributed by atoms with E-state index in [0.29, 0.717) is 18.4 Å². The average Bonchev–Trinajstić information content (AvgIpc) is 2.87. The predicted octanol–water partition coefficient (Wildman–Crippen LogP) is 2.63. The number of methoxy groups -OCH3 is 2. The topological polar surface area (TPSA) is 108 Å². The molecule has 1 aliphatic heterocycles. The van der Waals surface area contributed by atoms with Gasteiger partial charge in [-0.05, 0) is 29.8 Å². The van der Waals surface area contributed by atoms with E-state index in [9.17, 15) is 5.21 Å². The van der Waals surface area contributed by atoms with Gasteiger partial charge in [-0.15, -0.1) is 0 Å². The van der Waals surface area contributed by atoms with Crippen molar-refractivity contribution in [1.82, 2.24) is 15.0 Å². The highest BCUT2D eigenvalue weighted by Gasteiger charge is 2.22. The molecule has 0 atom stereocenters. The minimum atomic E-state index is 0.0929. The molecule has 0 aliphatic carbocycles. The zero-order chi connectivity index (χ0) is 22.3. The highest BCUT2D eigenvalue weighted by Crippen LogP contribution is 2.29. The molecule has 0 saturated carbocycles. The van der Waals surface area contributed by atoms with Gasteiger partial charge in [-0.3, -0.25) is 5.21 Å². The molecule has 1 aromatic heterocycles. The summed E-state index contributed by atoms with van der Waals surface area (Å²) in [6.45, 7) is 3.54. The number of piperazine rings is 1. The quantitative estimate of drug-likeness (QED) is 0.455. The van der Waals surface area contributed by atoms with Crippen molar-refractivity contribution in [2.45, 2.75) is 6.54 Å². The molecule has 4 rings (SSSR count). The largest absolute Gasteiger partial charge is 0.497 e. The molecule has 0 bridgehead atoms. The van der Waals surface area contributed by atoms with E-state index in [-0.39, 0.29) is 5.95 Å². The summed E-state index contributed by atoms with van der Waals surface area (Å²) in [7, 11) is 3.32. The highest BCUT2D eigenvalue weighted by molar-refractivity contribution is 5.59. The Kier molecular flexibility index (Phi) is 6.71. The number of nitrogens with one attached hydrogen (secondary N) is 2. The molecule has 10 heteroatoms. The summed E-state index contributed by atoms with van der Waals surface area (Å²) in [5.74, 6) is 2.62. The maximum absolute atomic E-state index is 9.40. The van der Waals surface area contributed by atoms with Crippen LogP contribution in [0.5, 0.6) is 11.5 Å². The van der Waals surface area contributed by atoms with Crippen molar-refractivity contribution in [1.29, 1.82) is 0 Å². The van der Waals surface area contributed by atoms with E-state index in [2.05, 4.69) is 36.1 Å². The van der Waals surface area contributed by atoms with Crippen LogP contribution in [0.1, 0.15) is 5.56 Å². The van der Waals surface area contributed by atoms with Crippen LogP contribution < -0.4 is 30.1 Å². The summed E-state index contributed by atoms with van der Waals surface area (Å²) in [4.78, 5) is 17.5. The first-order valence-electron chi connectivity index (χ1n) is 10.4. The lowest BCUT2D eigenvalue weighted by Gasteiger charge is -2.36. The van der Waals surface area contributed by atoms with E-state index < -0.39 is 0 Å². The molecule has 0 radical (unpaired) electrons. The van der Waals surface area contributed by atoms with Crippen LogP contribution >= 0.6 is 0 Å². The van der Waals surface area contributed by atoms with Crippen molar-refractivity contribution < 1.29 is 14.7 Å². The Hall–Kier alpha value is -3.79. The Bertz CT molecular complexity index is 1040. The van der Waals surface area contributed by atoms with Gasteiger partial charge in [0.2, 0.25) is 11.9 Å². The monoisotopic (exact) mass is 437 g/mol. The highest BCUT2D eigenvalue weighted by atomic mass is 16.5. The lowest BCUT2D eigenvalue weighted by molar-refractivity contribution is 0.382. The molecule has 3 aromatic rings. The number of ether oxygens (including phenoxy) is 2. The molecule has 1 fully saturated rings. The number of para-hydroxylation sites is 2. The third-order valence-corrected chi connectivity index (χ3v) is 5.30. The van der Waals surface area contributed by atoms with Crippen LogP contribution in [0, 0.1) is 0 Å². The second-order valence-corrected chi connectivity index (χ2v) is 7.25. The lowest BCUT2D eigenvalue weighted by Crippen LogP contribution is -2.47. The molecule has 10 nitrogen and oxygen atoms in total. The van der Waals surface area contributed by atoms with Crippen molar-refractivity contribution >= 4 is 23.5 Å². The molecule has 32 heavy (non-hydrogen) atoms. The SMILES string of the molecule is COc1cccc(CNc2nc(NO)nc(N3CCN(c4ccccc4OC)CC3)n2)c1. The van der Waals surface area contributed by atoms with E-state index in [0.717, 1.165) is 48.9 Å². The van der Waals surface area contributed by atoms with Crippen LogP contribution in [0.25, 0.3) is 0 Å². The predicted molar refractivity (Wildman–Crippen MR) is 123 cm³/mol. The standard InChI is InChI=1S/C22H27N7O3/c1-31-17-7-5-6-16(14-17)15-23-20-24-21(27-30)26-22(25-20)29-12-10-28(11-13-29)18-8-3-4-9-19(18)32-2/h3-9,14,30H,10-13,15H2,1-2H3,(H2,23,24,25,26,27). The van der Waals surface area contributed by atoms with E-state index in [1.165, 1.54) is 0 Å². The molecule has 0 unspecified atom stereocenters. The molecule has 3 N–H and O–H groups in total. The van der Waals surface area contributed by atoms with Gasteiger partial charge in [0.05, 0.1) is 19.9 Å². The van der Waals surface area contributed by atoms with Gasteiger partial charge in [-0.1, -0.05) is 24.3 Å². The molecule has 1 aliphatic rings. The van der Waals surface area contributed by atoms with Gasteiger partial charge in [0, 0.05) is 32.7 Å². The molecule has 2 aromatic carbocycles. The summed E-state index contributed by atoms with van der Waals surface area (Å²) in [6.07, 6.45) is 0. The fraction of sp³-hybridized carbons (Fsp3) is 0.318. The Morgan fingerprint density at radius 3 is 2.38 bits per heavy atom. The molecule has 0 amide bonds. The number of aromatic nitrogens is 3. The lowest BCUT2D eigenvalue weighted by atomic mass is 10.2. The van der Waals surface area contributed by atoms with Gasteiger partial charge in [-0.2, -0.15) is 15.0 Å². The van der Waals surface area contributed by atoms with E-state index in [1.807, 2.05) is 47.9 Å². The van der Waals surface area contributed by atoms with E-state index >= 15 is 0 Å². The molecule has 168 valence electrons. The van der Waals surface area contributed by atoms with Gasteiger partial charge < -0.3 is 24.6 Å². The Morgan fingerprint density at radius 2 is 1.62 bits per heavy atom. The Labute approximate surface area is 186 Å². The average molecular weight is 438 g/mol. The zero-order valence-electron chi connectivity index (χ0n) is 18.2. The van der Waals surface area contributed by atoms with E-state index in [4.69, 9.17) is 9.47 Å². The number of anilines is 4. The van der Waals surface area contributed by atoms with Gasteiger partial charge in [0.1, 0.15) is 11.5 Å². The summed E-state index contributed by atoms with van der Waals surface area (Å²) >= 11 is 0. The van der Waals surface area contributed by atoms with Crippen LogP contribution in [0.4, 0.5) is 23.5 Å². The van der Waals surface area contributed by atoms with Crippen molar-refractivity contribution in [2.24, 2.45) is 0 Å². The van der Waals surface area contributed by atoms with Crippen molar-refractivity contribution in [3.05, 3.63) is 54.1 Å². The van der Waals surface area contributed by atoms with E-state index in [1.54, 1.807) is 14.2 Å². The number of benzene rings is 2. The number of hydrogen-bond acceptors (Lipinski definition) is 10. The number of rotatable bonds is 8. The second kappa shape index (κ2) is 10.0. The first kappa shape index (κ1) is 21.4. The fourth-order valence-corrected chi connectivity index (χ4v) is 3.64. The van der Waals surface area contributed by atoms with Crippen LogP contribution in [-0.2, 0) is 6.54 Å². The van der Waals surface area contributed by atoms with Gasteiger partial charge in [-0.25, -0.2) is 5.48 Å². The molecule has 2 heterocycles. The minimum Gasteiger partial charge on any atom is -0.497 e. The van der Waals surface area contributed by atoms with Crippen molar-refractivity contribution in [3.63, 3.8) is 0 Å². The van der Waals surface area contributed by atoms with Gasteiger partial charge in [0.25, 0.3) is 5.95 Å². The molecular formula is C22H27N7O3. The Morgan fingerprint density at radius 1 is 0.875 bits per heavy atom. The summed E-state index contributed by atoms with van der Waals surface area (Å²) in [5, 5.41) is 12.6. The third-order valence-electron chi connectivity index (χ3n) is 5.30.